The lowest BCUT2D eigenvalue weighted by Crippen LogP contribution is -2.20. The lowest BCUT2D eigenvalue weighted by molar-refractivity contribution is 0.317. The van der Waals surface area contributed by atoms with Crippen LogP contribution in [-0.2, 0) is 0 Å². The number of nitrogens with zero attached hydrogens (tertiary/aromatic N) is 2. The second-order valence-electron chi connectivity index (χ2n) is 5.55. The van der Waals surface area contributed by atoms with Gasteiger partial charge in [-0.25, -0.2) is 0 Å². The van der Waals surface area contributed by atoms with Gasteiger partial charge in [0.15, 0.2) is 0 Å². The Balaban J connectivity index is 2.06. The SMILES string of the molecule is CCCOc1ccc2c(c1)C(c1ccccc1)=NCCN2C. The maximum absolute atomic E-state index is 5.81. The van der Waals surface area contributed by atoms with Crippen LogP contribution in [0.2, 0.25) is 0 Å². The van der Waals surface area contributed by atoms with Crippen molar-refractivity contribution in [1.29, 1.82) is 0 Å². The first-order valence-corrected chi connectivity index (χ1v) is 7.88. The molecule has 3 rings (SSSR count). The van der Waals surface area contributed by atoms with Crippen molar-refractivity contribution < 1.29 is 4.74 Å². The molecule has 1 heterocycles. The first-order chi connectivity index (χ1) is 10.8. The van der Waals surface area contributed by atoms with Crippen LogP contribution in [0.5, 0.6) is 5.75 Å². The third-order valence-corrected chi connectivity index (χ3v) is 3.86. The molecule has 22 heavy (non-hydrogen) atoms. The molecule has 0 spiro atoms. The fourth-order valence-corrected chi connectivity index (χ4v) is 2.71. The largest absolute Gasteiger partial charge is 0.494 e. The Morgan fingerprint density at radius 3 is 2.73 bits per heavy atom. The summed E-state index contributed by atoms with van der Waals surface area (Å²) in [6.07, 6.45) is 1.01. The minimum atomic E-state index is 0.742. The summed E-state index contributed by atoms with van der Waals surface area (Å²) in [6, 6.07) is 16.7. The minimum absolute atomic E-state index is 0.742. The molecule has 0 aromatic heterocycles. The zero-order valence-corrected chi connectivity index (χ0v) is 13.2. The van der Waals surface area contributed by atoms with Gasteiger partial charge in [-0.3, -0.25) is 4.99 Å². The monoisotopic (exact) mass is 294 g/mol. The lowest BCUT2D eigenvalue weighted by atomic mass is 10.00. The molecular weight excluding hydrogens is 272 g/mol. The quantitative estimate of drug-likeness (QED) is 0.857. The van der Waals surface area contributed by atoms with Crippen molar-refractivity contribution in [3.8, 4) is 5.75 Å². The maximum Gasteiger partial charge on any atom is 0.120 e. The molecule has 2 aromatic carbocycles. The van der Waals surface area contributed by atoms with E-state index in [1.54, 1.807) is 0 Å². The summed E-state index contributed by atoms with van der Waals surface area (Å²) in [6.45, 7) is 4.60. The van der Waals surface area contributed by atoms with Gasteiger partial charge in [-0.1, -0.05) is 37.3 Å². The molecule has 3 heteroatoms. The summed E-state index contributed by atoms with van der Waals surface area (Å²) >= 11 is 0. The van der Waals surface area contributed by atoms with Crippen LogP contribution < -0.4 is 9.64 Å². The molecule has 2 aromatic rings. The second kappa shape index (κ2) is 6.65. The number of hydrogen-bond donors (Lipinski definition) is 0. The highest BCUT2D eigenvalue weighted by Crippen LogP contribution is 2.29. The number of benzodiazepines with no additional fused rings is 1. The van der Waals surface area contributed by atoms with E-state index in [1.165, 1.54) is 5.69 Å². The van der Waals surface area contributed by atoms with E-state index in [0.717, 1.165) is 48.7 Å². The van der Waals surface area contributed by atoms with E-state index >= 15 is 0 Å². The van der Waals surface area contributed by atoms with Crippen molar-refractivity contribution in [2.45, 2.75) is 13.3 Å². The number of benzene rings is 2. The number of fused-ring (bicyclic) bond motifs is 1. The standard InChI is InChI=1S/C19H22N2O/c1-3-13-22-16-9-10-18-17(14-16)19(20-11-12-21(18)2)15-7-5-4-6-8-15/h4-10,14H,3,11-13H2,1-2H3. The van der Waals surface area contributed by atoms with Crippen molar-refractivity contribution in [3.05, 3.63) is 59.7 Å². The zero-order chi connectivity index (χ0) is 15.4. The smallest absolute Gasteiger partial charge is 0.120 e. The third-order valence-electron chi connectivity index (χ3n) is 3.86. The van der Waals surface area contributed by atoms with Crippen LogP contribution >= 0.6 is 0 Å². The van der Waals surface area contributed by atoms with Crippen molar-refractivity contribution in [1.82, 2.24) is 0 Å². The number of aliphatic imine (C=N–C) groups is 1. The van der Waals surface area contributed by atoms with E-state index in [2.05, 4.69) is 61.3 Å². The van der Waals surface area contributed by atoms with Gasteiger partial charge in [0.25, 0.3) is 0 Å². The van der Waals surface area contributed by atoms with Crippen molar-refractivity contribution in [2.24, 2.45) is 4.99 Å². The van der Waals surface area contributed by atoms with E-state index in [4.69, 9.17) is 9.73 Å². The van der Waals surface area contributed by atoms with Crippen LogP contribution in [0.4, 0.5) is 5.69 Å². The average Bonchev–Trinajstić information content (AvgIpc) is 2.73. The highest BCUT2D eigenvalue weighted by atomic mass is 16.5. The van der Waals surface area contributed by atoms with E-state index in [-0.39, 0.29) is 0 Å². The van der Waals surface area contributed by atoms with E-state index < -0.39 is 0 Å². The van der Waals surface area contributed by atoms with Gasteiger partial charge in [0.2, 0.25) is 0 Å². The molecule has 0 N–H and O–H groups in total. The molecular formula is C19H22N2O. The summed E-state index contributed by atoms with van der Waals surface area (Å²) in [5, 5.41) is 0. The van der Waals surface area contributed by atoms with Gasteiger partial charge in [-0.2, -0.15) is 0 Å². The van der Waals surface area contributed by atoms with Crippen molar-refractivity contribution >= 4 is 11.4 Å². The molecule has 0 bridgehead atoms. The first-order valence-electron chi connectivity index (χ1n) is 7.88. The normalized spacial score (nSPS) is 14.1. The van der Waals surface area contributed by atoms with E-state index in [1.807, 2.05) is 6.07 Å². The summed E-state index contributed by atoms with van der Waals surface area (Å²) < 4.78 is 5.81. The van der Waals surface area contributed by atoms with Gasteiger partial charge in [-0.15, -0.1) is 0 Å². The van der Waals surface area contributed by atoms with Gasteiger partial charge >= 0.3 is 0 Å². The number of likely N-dealkylation sites (N-methyl/N-ethyl adjacent to an activating group) is 1. The molecule has 1 aliphatic heterocycles. The van der Waals surface area contributed by atoms with Crippen molar-refractivity contribution in [2.75, 3.05) is 31.6 Å². The summed E-state index contributed by atoms with van der Waals surface area (Å²) in [5.41, 5.74) is 4.58. The fourth-order valence-electron chi connectivity index (χ4n) is 2.71. The predicted octanol–water partition coefficient (Wildman–Crippen LogP) is 3.76. The minimum Gasteiger partial charge on any atom is -0.494 e. The average molecular weight is 294 g/mol. The Labute approximate surface area is 132 Å². The van der Waals surface area contributed by atoms with Crippen LogP contribution in [0.1, 0.15) is 24.5 Å². The molecule has 1 aliphatic rings. The third kappa shape index (κ3) is 2.98. The number of anilines is 1. The maximum atomic E-state index is 5.81. The van der Waals surface area contributed by atoms with Gasteiger partial charge in [-0.05, 0) is 24.6 Å². The molecule has 0 radical (unpaired) electrons. The molecule has 0 saturated carbocycles. The molecule has 114 valence electrons. The van der Waals surface area contributed by atoms with Gasteiger partial charge in [0, 0.05) is 30.4 Å². The fraction of sp³-hybridized carbons (Fsp3) is 0.316. The van der Waals surface area contributed by atoms with Gasteiger partial charge < -0.3 is 9.64 Å². The predicted molar refractivity (Wildman–Crippen MR) is 92.4 cm³/mol. The van der Waals surface area contributed by atoms with Crippen LogP contribution in [0, 0.1) is 0 Å². The highest BCUT2D eigenvalue weighted by molar-refractivity contribution is 6.16. The lowest BCUT2D eigenvalue weighted by Gasteiger charge is -2.20. The Kier molecular flexibility index (Phi) is 4.42. The molecule has 3 nitrogen and oxygen atoms in total. The van der Waals surface area contributed by atoms with Crippen LogP contribution in [0.15, 0.2) is 53.5 Å². The molecule has 0 fully saturated rings. The van der Waals surface area contributed by atoms with Crippen LogP contribution in [0.25, 0.3) is 0 Å². The Morgan fingerprint density at radius 2 is 1.95 bits per heavy atom. The molecule has 0 saturated heterocycles. The molecule has 0 atom stereocenters. The Hall–Kier alpha value is -2.29. The van der Waals surface area contributed by atoms with Gasteiger partial charge in [0.05, 0.1) is 18.9 Å². The number of rotatable bonds is 4. The number of ether oxygens (including phenoxy) is 1. The summed E-state index contributed by atoms with van der Waals surface area (Å²) in [7, 11) is 2.12. The molecule has 0 unspecified atom stereocenters. The molecule has 0 amide bonds. The van der Waals surface area contributed by atoms with E-state index in [9.17, 15) is 0 Å². The molecule has 0 aliphatic carbocycles. The van der Waals surface area contributed by atoms with E-state index in [0.29, 0.717) is 0 Å². The van der Waals surface area contributed by atoms with Crippen LogP contribution in [0.3, 0.4) is 0 Å². The van der Waals surface area contributed by atoms with Crippen LogP contribution in [-0.4, -0.2) is 32.5 Å². The first kappa shape index (κ1) is 14.6. The summed E-state index contributed by atoms with van der Waals surface area (Å²) in [4.78, 5) is 7.09. The zero-order valence-electron chi connectivity index (χ0n) is 13.2. The van der Waals surface area contributed by atoms with Gasteiger partial charge in [0.1, 0.15) is 5.75 Å². The highest BCUT2D eigenvalue weighted by Gasteiger charge is 2.18. The van der Waals surface area contributed by atoms with Crippen molar-refractivity contribution in [3.63, 3.8) is 0 Å². The Morgan fingerprint density at radius 1 is 1.14 bits per heavy atom. The Bertz CT molecular complexity index is 664. The summed E-state index contributed by atoms with van der Waals surface area (Å²) in [5.74, 6) is 0.916. The number of hydrogen-bond acceptors (Lipinski definition) is 3. The second-order valence-corrected chi connectivity index (χ2v) is 5.55. The topological polar surface area (TPSA) is 24.8 Å².